The lowest BCUT2D eigenvalue weighted by Crippen LogP contribution is -2.50. The number of benzene rings is 1. The SMILES string of the molecule is CCC1(C(=O)NC(C)c2cccc(Cl)c2)CCCNC1. The van der Waals surface area contributed by atoms with Gasteiger partial charge in [-0.1, -0.05) is 30.7 Å². The smallest absolute Gasteiger partial charge is 0.227 e. The second kappa shape index (κ2) is 6.59. The van der Waals surface area contributed by atoms with Gasteiger partial charge in [-0.15, -0.1) is 0 Å². The van der Waals surface area contributed by atoms with Gasteiger partial charge in [-0.2, -0.15) is 0 Å². The third kappa shape index (κ3) is 3.33. The summed E-state index contributed by atoms with van der Waals surface area (Å²) >= 11 is 6.01. The Balaban J connectivity index is 2.06. The minimum atomic E-state index is -0.259. The average Bonchev–Trinajstić information content (AvgIpc) is 2.47. The first-order chi connectivity index (χ1) is 9.57. The highest BCUT2D eigenvalue weighted by atomic mass is 35.5. The van der Waals surface area contributed by atoms with Gasteiger partial charge in [0.05, 0.1) is 11.5 Å². The number of rotatable bonds is 4. The Labute approximate surface area is 126 Å². The minimum Gasteiger partial charge on any atom is -0.349 e. The fourth-order valence-electron chi connectivity index (χ4n) is 2.83. The summed E-state index contributed by atoms with van der Waals surface area (Å²) < 4.78 is 0. The number of piperidine rings is 1. The highest BCUT2D eigenvalue weighted by Gasteiger charge is 2.38. The molecule has 1 aliphatic rings. The van der Waals surface area contributed by atoms with Crippen LogP contribution in [0.4, 0.5) is 0 Å². The van der Waals surface area contributed by atoms with Crippen molar-refractivity contribution in [2.45, 2.75) is 39.2 Å². The fourth-order valence-corrected chi connectivity index (χ4v) is 3.03. The molecule has 1 aromatic carbocycles. The van der Waals surface area contributed by atoms with Crippen LogP contribution < -0.4 is 10.6 Å². The van der Waals surface area contributed by atoms with E-state index in [0.29, 0.717) is 5.02 Å². The molecule has 0 spiro atoms. The van der Waals surface area contributed by atoms with Crippen LogP contribution in [0, 0.1) is 5.41 Å². The maximum atomic E-state index is 12.6. The summed E-state index contributed by atoms with van der Waals surface area (Å²) in [6.07, 6.45) is 2.89. The molecule has 2 N–H and O–H groups in total. The molecule has 0 radical (unpaired) electrons. The Bertz CT molecular complexity index is 469. The van der Waals surface area contributed by atoms with Crippen molar-refractivity contribution >= 4 is 17.5 Å². The van der Waals surface area contributed by atoms with E-state index in [-0.39, 0.29) is 17.4 Å². The van der Waals surface area contributed by atoms with Gasteiger partial charge in [-0.05, 0) is 50.4 Å². The van der Waals surface area contributed by atoms with Crippen LogP contribution in [-0.4, -0.2) is 19.0 Å². The monoisotopic (exact) mass is 294 g/mol. The molecule has 1 aliphatic heterocycles. The second-order valence-electron chi connectivity index (χ2n) is 5.66. The minimum absolute atomic E-state index is 0.0217. The van der Waals surface area contributed by atoms with Crippen molar-refractivity contribution in [3.63, 3.8) is 0 Å². The molecule has 1 heterocycles. The van der Waals surface area contributed by atoms with Gasteiger partial charge in [0.1, 0.15) is 0 Å². The third-order valence-electron chi connectivity index (χ3n) is 4.33. The molecule has 1 amide bonds. The molecule has 1 fully saturated rings. The summed E-state index contributed by atoms with van der Waals surface area (Å²) in [6, 6.07) is 7.64. The summed E-state index contributed by atoms with van der Waals surface area (Å²) in [5.41, 5.74) is 0.784. The van der Waals surface area contributed by atoms with E-state index >= 15 is 0 Å². The average molecular weight is 295 g/mol. The first-order valence-electron chi connectivity index (χ1n) is 7.34. The summed E-state index contributed by atoms with van der Waals surface area (Å²) in [7, 11) is 0. The molecule has 2 unspecified atom stereocenters. The zero-order chi connectivity index (χ0) is 14.6. The predicted octanol–water partition coefficient (Wildman–Crippen LogP) is 3.30. The lowest BCUT2D eigenvalue weighted by Gasteiger charge is -2.36. The van der Waals surface area contributed by atoms with Crippen molar-refractivity contribution in [3.05, 3.63) is 34.9 Å². The molecular weight excluding hydrogens is 272 g/mol. The van der Waals surface area contributed by atoms with Crippen molar-refractivity contribution in [3.8, 4) is 0 Å². The summed E-state index contributed by atoms with van der Waals surface area (Å²) in [5.74, 6) is 0.152. The van der Waals surface area contributed by atoms with Gasteiger partial charge in [0.15, 0.2) is 0 Å². The Morgan fingerprint density at radius 3 is 2.95 bits per heavy atom. The van der Waals surface area contributed by atoms with Gasteiger partial charge in [-0.3, -0.25) is 4.79 Å². The van der Waals surface area contributed by atoms with E-state index in [4.69, 9.17) is 11.6 Å². The quantitative estimate of drug-likeness (QED) is 0.894. The number of carbonyl (C=O) groups is 1. The molecule has 4 heteroatoms. The molecular formula is C16H23ClN2O. The number of hydrogen-bond donors (Lipinski definition) is 2. The van der Waals surface area contributed by atoms with Crippen LogP contribution >= 0.6 is 11.6 Å². The van der Waals surface area contributed by atoms with E-state index in [0.717, 1.165) is 37.9 Å². The highest BCUT2D eigenvalue weighted by molar-refractivity contribution is 6.30. The van der Waals surface area contributed by atoms with E-state index in [1.165, 1.54) is 0 Å². The van der Waals surface area contributed by atoms with Crippen LogP contribution in [0.5, 0.6) is 0 Å². The maximum absolute atomic E-state index is 12.6. The van der Waals surface area contributed by atoms with Gasteiger partial charge in [0, 0.05) is 11.6 Å². The number of halogens is 1. The standard InChI is InChI=1S/C16H23ClN2O/c1-3-16(8-5-9-18-11-16)15(20)19-12(2)13-6-4-7-14(17)10-13/h4,6-7,10,12,18H,3,5,8-9,11H2,1-2H3,(H,19,20). The van der Waals surface area contributed by atoms with Crippen LogP contribution in [0.2, 0.25) is 5.02 Å². The van der Waals surface area contributed by atoms with Gasteiger partial charge < -0.3 is 10.6 Å². The molecule has 0 aromatic heterocycles. The molecule has 1 saturated heterocycles. The summed E-state index contributed by atoms with van der Waals surface area (Å²) in [4.78, 5) is 12.6. The summed E-state index contributed by atoms with van der Waals surface area (Å²) in [5, 5.41) is 7.20. The van der Waals surface area contributed by atoms with Crippen LogP contribution in [0.1, 0.15) is 44.7 Å². The van der Waals surface area contributed by atoms with E-state index in [1.54, 1.807) is 0 Å². The number of nitrogens with one attached hydrogen (secondary N) is 2. The van der Waals surface area contributed by atoms with E-state index in [1.807, 2.05) is 31.2 Å². The second-order valence-corrected chi connectivity index (χ2v) is 6.10. The fraction of sp³-hybridized carbons (Fsp3) is 0.562. The molecule has 110 valence electrons. The molecule has 1 aromatic rings. The van der Waals surface area contributed by atoms with E-state index in [9.17, 15) is 4.79 Å². The zero-order valence-electron chi connectivity index (χ0n) is 12.2. The molecule has 0 aliphatic carbocycles. The number of amides is 1. The molecule has 3 nitrogen and oxygen atoms in total. The van der Waals surface area contributed by atoms with Crippen molar-refractivity contribution in [1.82, 2.24) is 10.6 Å². The van der Waals surface area contributed by atoms with Crippen molar-refractivity contribution < 1.29 is 4.79 Å². The number of hydrogen-bond acceptors (Lipinski definition) is 2. The molecule has 0 bridgehead atoms. The molecule has 20 heavy (non-hydrogen) atoms. The Kier molecular flexibility index (Phi) is 5.06. The zero-order valence-corrected chi connectivity index (χ0v) is 13.0. The predicted molar refractivity (Wildman–Crippen MR) is 82.8 cm³/mol. The van der Waals surface area contributed by atoms with Crippen LogP contribution in [0.25, 0.3) is 0 Å². The van der Waals surface area contributed by atoms with Crippen molar-refractivity contribution in [2.75, 3.05) is 13.1 Å². The van der Waals surface area contributed by atoms with E-state index in [2.05, 4.69) is 17.6 Å². The Hall–Kier alpha value is -1.06. The lowest BCUT2D eigenvalue weighted by atomic mass is 9.77. The van der Waals surface area contributed by atoms with Gasteiger partial charge in [-0.25, -0.2) is 0 Å². The van der Waals surface area contributed by atoms with E-state index < -0.39 is 0 Å². The lowest BCUT2D eigenvalue weighted by molar-refractivity contribution is -0.133. The normalized spacial score (nSPS) is 24.1. The topological polar surface area (TPSA) is 41.1 Å². The summed E-state index contributed by atoms with van der Waals surface area (Å²) in [6.45, 7) is 5.89. The van der Waals surface area contributed by atoms with Crippen LogP contribution in [0.3, 0.4) is 0 Å². The van der Waals surface area contributed by atoms with Crippen molar-refractivity contribution in [1.29, 1.82) is 0 Å². The molecule has 2 atom stereocenters. The Morgan fingerprint density at radius 1 is 1.55 bits per heavy atom. The van der Waals surface area contributed by atoms with Gasteiger partial charge in [0.2, 0.25) is 5.91 Å². The Morgan fingerprint density at radius 2 is 2.35 bits per heavy atom. The highest BCUT2D eigenvalue weighted by Crippen LogP contribution is 2.31. The first-order valence-corrected chi connectivity index (χ1v) is 7.72. The maximum Gasteiger partial charge on any atom is 0.227 e. The van der Waals surface area contributed by atoms with Crippen LogP contribution in [0.15, 0.2) is 24.3 Å². The van der Waals surface area contributed by atoms with Crippen molar-refractivity contribution in [2.24, 2.45) is 5.41 Å². The van der Waals surface area contributed by atoms with Crippen LogP contribution in [-0.2, 0) is 4.79 Å². The first kappa shape index (κ1) is 15.3. The van der Waals surface area contributed by atoms with Gasteiger partial charge >= 0.3 is 0 Å². The third-order valence-corrected chi connectivity index (χ3v) is 4.56. The largest absolute Gasteiger partial charge is 0.349 e. The molecule has 0 saturated carbocycles. The van der Waals surface area contributed by atoms with Gasteiger partial charge in [0.25, 0.3) is 0 Å². The number of carbonyl (C=O) groups excluding carboxylic acids is 1. The molecule has 2 rings (SSSR count).